The molecule has 2 N–H and O–H groups in total. The first kappa shape index (κ1) is 22.7. The van der Waals surface area contributed by atoms with Crippen LogP contribution in [0.25, 0.3) is 11.0 Å². The van der Waals surface area contributed by atoms with Crippen molar-refractivity contribution in [3.8, 4) is 0 Å². The Bertz CT molecular complexity index is 1310. The highest BCUT2D eigenvalue weighted by Gasteiger charge is 2.30. The normalized spacial score (nSPS) is 15.1. The molecular weight excluding hydrogens is 438 g/mol. The Kier molecular flexibility index (Phi) is 6.48. The first-order chi connectivity index (χ1) is 17.1. The molecule has 3 amide bonds. The topological polar surface area (TPSA) is 79.3 Å². The van der Waals surface area contributed by atoms with Crippen molar-refractivity contribution in [3.63, 3.8) is 0 Å². The minimum atomic E-state index is -0.361. The van der Waals surface area contributed by atoms with E-state index in [4.69, 9.17) is 4.98 Å². The van der Waals surface area contributed by atoms with Gasteiger partial charge in [0.15, 0.2) is 0 Å². The van der Waals surface area contributed by atoms with Crippen molar-refractivity contribution in [2.24, 2.45) is 13.0 Å². The van der Waals surface area contributed by atoms with Gasteiger partial charge in [-0.05, 0) is 42.7 Å². The molecule has 0 bridgehead atoms. The minimum Gasteiger partial charge on any atom is -0.342 e. The third-order valence-corrected chi connectivity index (χ3v) is 6.68. The molecule has 0 aliphatic carbocycles. The van der Waals surface area contributed by atoms with E-state index in [2.05, 4.69) is 10.6 Å². The van der Waals surface area contributed by atoms with Crippen LogP contribution in [-0.4, -0.2) is 39.5 Å². The third-order valence-electron chi connectivity index (χ3n) is 6.68. The maximum absolute atomic E-state index is 13.4. The highest BCUT2D eigenvalue weighted by atomic mass is 16.2. The molecule has 35 heavy (non-hydrogen) atoms. The summed E-state index contributed by atoms with van der Waals surface area (Å²) in [6.45, 7) is 1.08. The van der Waals surface area contributed by atoms with Crippen LogP contribution in [0.4, 0.5) is 10.5 Å². The summed E-state index contributed by atoms with van der Waals surface area (Å²) in [7, 11) is 1.98. The lowest BCUT2D eigenvalue weighted by Crippen LogP contribution is -2.45. The van der Waals surface area contributed by atoms with Gasteiger partial charge in [-0.3, -0.25) is 4.79 Å². The number of aryl methyl sites for hydroxylation is 1. The summed E-state index contributed by atoms with van der Waals surface area (Å²) < 4.78 is 2.05. The summed E-state index contributed by atoms with van der Waals surface area (Å²) in [5.74, 6) is 0.635. The molecule has 1 aliphatic rings. The van der Waals surface area contributed by atoms with Crippen LogP contribution in [-0.2, 0) is 11.8 Å². The van der Waals surface area contributed by atoms with Crippen molar-refractivity contribution in [1.82, 2.24) is 19.8 Å². The van der Waals surface area contributed by atoms with Crippen LogP contribution in [0.5, 0.6) is 0 Å². The Hall–Kier alpha value is -4.13. The number of para-hydroxylation sites is 3. The Morgan fingerprint density at radius 3 is 2.20 bits per heavy atom. The smallest absolute Gasteiger partial charge is 0.321 e. The Labute approximate surface area is 204 Å². The lowest BCUT2D eigenvalue weighted by atomic mass is 9.95. The number of likely N-dealkylation sites (tertiary alicyclic amines) is 1. The average molecular weight is 468 g/mol. The van der Waals surface area contributed by atoms with Gasteiger partial charge in [0.25, 0.3) is 0 Å². The van der Waals surface area contributed by atoms with E-state index in [9.17, 15) is 9.59 Å². The lowest BCUT2D eigenvalue weighted by Gasteiger charge is -2.32. The number of carbonyl (C=O) groups excluding carboxylic acids is 2. The van der Waals surface area contributed by atoms with Crippen molar-refractivity contribution in [2.75, 3.05) is 18.4 Å². The molecular formula is C28H29N5O2. The first-order valence-corrected chi connectivity index (χ1v) is 12.0. The van der Waals surface area contributed by atoms with Gasteiger partial charge < -0.3 is 20.1 Å². The Morgan fingerprint density at radius 2 is 1.51 bits per heavy atom. The van der Waals surface area contributed by atoms with E-state index in [-0.39, 0.29) is 23.9 Å². The third kappa shape index (κ3) is 4.89. The van der Waals surface area contributed by atoms with Gasteiger partial charge in [0.2, 0.25) is 5.91 Å². The fourth-order valence-electron chi connectivity index (χ4n) is 4.69. The quantitative estimate of drug-likeness (QED) is 0.446. The van der Waals surface area contributed by atoms with Crippen LogP contribution < -0.4 is 10.6 Å². The van der Waals surface area contributed by atoms with Crippen molar-refractivity contribution >= 4 is 28.7 Å². The SMILES string of the molecule is Cn1c(C(NC(=O)C2CCN(C(=O)Nc3ccccc3)CC2)c2ccccc2)nc2ccccc21. The molecule has 1 unspecified atom stereocenters. The van der Waals surface area contributed by atoms with Crippen LogP contribution in [0.1, 0.15) is 30.3 Å². The average Bonchev–Trinajstić information content (AvgIpc) is 3.24. The number of amides is 3. The Morgan fingerprint density at radius 1 is 0.886 bits per heavy atom. The first-order valence-electron chi connectivity index (χ1n) is 12.0. The van der Waals surface area contributed by atoms with Gasteiger partial charge in [0.05, 0.1) is 11.0 Å². The summed E-state index contributed by atoms with van der Waals surface area (Å²) in [4.78, 5) is 32.6. The van der Waals surface area contributed by atoms with Crippen molar-refractivity contribution in [3.05, 3.63) is 96.3 Å². The van der Waals surface area contributed by atoms with Gasteiger partial charge in [0.1, 0.15) is 11.9 Å². The number of nitrogens with one attached hydrogen (secondary N) is 2. The number of rotatable bonds is 5. The molecule has 1 aliphatic heterocycles. The fourth-order valence-corrected chi connectivity index (χ4v) is 4.69. The second-order valence-electron chi connectivity index (χ2n) is 8.93. The molecule has 4 aromatic rings. The van der Waals surface area contributed by atoms with Gasteiger partial charge >= 0.3 is 6.03 Å². The summed E-state index contributed by atoms with van der Waals surface area (Å²) >= 11 is 0. The second-order valence-corrected chi connectivity index (χ2v) is 8.93. The number of piperidine rings is 1. The molecule has 7 nitrogen and oxygen atoms in total. The van der Waals surface area contributed by atoms with Gasteiger partial charge in [-0.25, -0.2) is 9.78 Å². The van der Waals surface area contributed by atoms with Crippen molar-refractivity contribution < 1.29 is 9.59 Å². The largest absolute Gasteiger partial charge is 0.342 e. The molecule has 5 rings (SSSR count). The van der Waals surface area contributed by atoms with E-state index in [0.29, 0.717) is 25.9 Å². The van der Waals surface area contributed by atoms with Gasteiger partial charge in [-0.2, -0.15) is 0 Å². The molecule has 3 aromatic carbocycles. The summed E-state index contributed by atoms with van der Waals surface area (Å²) in [5.41, 5.74) is 3.68. The maximum Gasteiger partial charge on any atom is 0.321 e. The number of imidazole rings is 1. The lowest BCUT2D eigenvalue weighted by molar-refractivity contribution is -0.126. The molecule has 1 fully saturated rings. The monoisotopic (exact) mass is 467 g/mol. The summed E-state index contributed by atoms with van der Waals surface area (Å²) in [6.07, 6.45) is 1.25. The minimum absolute atomic E-state index is 0.00553. The predicted molar refractivity (Wildman–Crippen MR) is 137 cm³/mol. The van der Waals surface area contributed by atoms with E-state index < -0.39 is 0 Å². The zero-order valence-corrected chi connectivity index (χ0v) is 19.7. The van der Waals surface area contributed by atoms with Crippen molar-refractivity contribution in [2.45, 2.75) is 18.9 Å². The number of hydrogen-bond acceptors (Lipinski definition) is 3. The Balaban J connectivity index is 1.28. The van der Waals surface area contributed by atoms with E-state index in [1.54, 1.807) is 4.90 Å². The van der Waals surface area contributed by atoms with Gasteiger partial charge in [0, 0.05) is 31.7 Å². The predicted octanol–water partition coefficient (Wildman–Crippen LogP) is 4.72. The zero-order chi connectivity index (χ0) is 24.2. The molecule has 178 valence electrons. The molecule has 1 atom stereocenters. The molecule has 7 heteroatoms. The molecule has 1 aromatic heterocycles. The number of aromatic nitrogens is 2. The van der Waals surface area contributed by atoms with Crippen LogP contribution >= 0.6 is 0 Å². The van der Waals surface area contributed by atoms with E-state index in [1.807, 2.05) is 96.5 Å². The number of nitrogens with zero attached hydrogens (tertiary/aromatic N) is 3. The maximum atomic E-state index is 13.4. The van der Waals surface area contributed by atoms with E-state index in [1.165, 1.54) is 0 Å². The highest BCUT2D eigenvalue weighted by Crippen LogP contribution is 2.27. The molecule has 0 spiro atoms. The highest BCUT2D eigenvalue weighted by molar-refractivity contribution is 5.89. The second kappa shape index (κ2) is 10.0. The molecule has 1 saturated heterocycles. The fraction of sp³-hybridized carbons (Fsp3) is 0.250. The molecule has 2 heterocycles. The number of carbonyl (C=O) groups is 2. The van der Waals surface area contributed by atoms with Crippen molar-refractivity contribution in [1.29, 1.82) is 0 Å². The van der Waals surface area contributed by atoms with E-state index >= 15 is 0 Å². The number of fused-ring (bicyclic) bond motifs is 1. The summed E-state index contributed by atoms with van der Waals surface area (Å²) in [6, 6.07) is 26.9. The van der Waals surface area contributed by atoms with Gasteiger partial charge in [-0.15, -0.1) is 0 Å². The summed E-state index contributed by atoms with van der Waals surface area (Å²) in [5, 5.41) is 6.19. The number of anilines is 1. The van der Waals surface area contributed by atoms with Crippen LogP contribution in [0.3, 0.4) is 0 Å². The van der Waals surface area contributed by atoms with E-state index in [0.717, 1.165) is 28.1 Å². The zero-order valence-electron chi connectivity index (χ0n) is 19.7. The molecule has 0 radical (unpaired) electrons. The van der Waals surface area contributed by atoms with Crippen LogP contribution in [0.2, 0.25) is 0 Å². The number of urea groups is 1. The number of hydrogen-bond donors (Lipinski definition) is 2. The van der Waals surface area contributed by atoms with Crippen LogP contribution in [0.15, 0.2) is 84.9 Å². The number of benzene rings is 3. The standard InChI is InChI=1S/C28H29N5O2/c1-32-24-15-9-8-14-23(24)30-26(32)25(20-10-4-2-5-11-20)31-27(34)21-16-18-33(19-17-21)28(35)29-22-12-6-3-7-13-22/h2-15,21,25H,16-19H2,1H3,(H,29,35)(H,31,34). The molecule has 0 saturated carbocycles. The van der Waals surface area contributed by atoms with Crippen LogP contribution in [0, 0.1) is 5.92 Å². The van der Waals surface area contributed by atoms with Gasteiger partial charge in [-0.1, -0.05) is 60.7 Å².